The first-order valence-corrected chi connectivity index (χ1v) is 9.15. The minimum Gasteiger partial charge on any atom is -0.486 e. The second-order valence-corrected chi connectivity index (χ2v) is 6.83. The Morgan fingerprint density at radius 2 is 1.92 bits per heavy atom. The minimum absolute atomic E-state index is 0.197. The Morgan fingerprint density at radius 1 is 1.19 bits per heavy atom. The Kier molecular flexibility index (Phi) is 5.96. The number of carbonyl (C=O) groups excluding carboxylic acids is 1. The number of nitrogens with one attached hydrogen (secondary N) is 1. The van der Waals surface area contributed by atoms with Crippen molar-refractivity contribution in [1.29, 1.82) is 0 Å². The van der Waals surface area contributed by atoms with Gasteiger partial charge in [0.25, 0.3) is 5.91 Å². The summed E-state index contributed by atoms with van der Waals surface area (Å²) < 4.78 is 18.4. The molecule has 1 aromatic heterocycles. The number of hydrogen-bond donors (Lipinski definition) is 1. The predicted octanol–water partition coefficient (Wildman–Crippen LogP) is 4.39. The van der Waals surface area contributed by atoms with Crippen molar-refractivity contribution in [2.45, 2.75) is 19.4 Å². The molecule has 0 radical (unpaired) electrons. The van der Waals surface area contributed by atoms with E-state index in [1.807, 2.05) is 30.3 Å². The third-order valence-electron chi connectivity index (χ3n) is 3.90. The van der Waals surface area contributed by atoms with Crippen LogP contribution in [0.4, 0.5) is 4.39 Å². The van der Waals surface area contributed by atoms with Crippen LogP contribution in [0.15, 0.2) is 60.0 Å². The lowest BCUT2D eigenvalue weighted by Crippen LogP contribution is -2.27. The average molecular weight is 370 g/mol. The van der Waals surface area contributed by atoms with Crippen molar-refractivity contribution in [3.8, 4) is 5.75 Å². The molecule has 0 saturated carbocycles. The average Bonchev–Trinajstić information content (AvgIpc) is 3.15. The molecule has 1 N–H and O–H groups in total. The van der Waals surface area contributed by atoms with Gasteiger partial charge < -0.3 is 10.1 Å². The molecular formula is C20H19FN2O2S. The summed E-state index contributed by atoms with van der Waals surface area (Å²) in [5.74, 6) is 0.275. The van der Waals surface area contributed by atoms with Gasteiger partial charge in [-0.05, 0) is 35.7 Å². The zero-order chi connectivity index (χ0) is 18.4. The lowest BCUT2D eigenvalue weighted by Gasteiger charge is -2.12. The Labute approximate surface area is 155 Å². The fourth-order valence-electron chi connectivity index (χ4n) is 2.39. The Bertz CT molecular complexity index is 850. The van der Waals surface area contributed by atoms with Gasteiger partial charge in [0.05, 0.1) is 0 Å². The molecular weight excluding hydrogens is 351 g/mol. The van der Waals surface area contributed by atoms with Crippen LogP contribution >= 0.6 is 11.3 Å². The molecule has 134 valence electrons. The van der Waals surface area contributed by atoms with Crippen molar-refractivity contribution in [3.05, 3.63) is 82.1 Å². The molecule has 0 saturated heterocycles. The molecule has 0 aliphatic carbocycles. The molecule has 1 amide bonds. The maximum atomic E-state index is 12.9. The van der Waals surface area contributed by atoms with Crippen molar-refractivity contribution >= 4 is 17.2 Å². The van der Waals surface area contributed by atoms with E-state index in [9.17, 15) is 9.18 Å². The summed E-state index contributed by atoms with van der Waals surface area (Å²) in [5.41, 5.74) is 1.56. The molecule has 4 nitrogen and oxygen atoms in total. The zero-order valence-corrected chi connectivity index (χ0v) is 15.1. The standard InChI is InChI=1S/C20H19FN2O2S/c1-14(15-5-3-2-4-6-15)11-22-20(24)18-13-26-19(23-18)12-25-17-9-7-16(21)8-10-17/h2-10,13-14H,11-12H2,1H3,(H,22,24)/t14-/m1/s1. The van der Waals surface area contributed by atoms with E-state index in [0.717, 1.165) is 0 Å². The smallest absolute Gasteiger partial charge is 0.270 e. The summed E-state index contributed by atoms with van der Waals surface area (Å²) in [4.78, 5) is 16.6. The van der Waals surface area contributed by atoms with Crippen LogP contribution in [0.2, 0.25) is 0 Å². The van der Waals surface area contributed by atoms with Crippen LogP contribution in [0.5, 0.6) is 5.75 Å². The van der Waals surface area contributed by atoms with Crippen molar-refractivity contribution in [3.63, 3.8) is 0 Å². The van der Waals surface area contributed by atoms with Crippen molar-refractivity contribution in [2.24, 2.45) is 0 Å². The minimum atomic E-state index is -0.310. The van der Waals surface area contributed by atoms with Crippen LogP contribution < -0.4 is 10.1 Å². The van der Waals surface area contributed by atoms with Gasteiger partial charge in [0.2, 0.25) is 0 Å². The summed E-state index contributed by atoms with van der Waals surface area (Å²) in [7, 11) is 0. The van der Waals surface area contributed by atoms with E-state index in [1.165, 1.54) is 29.0 Å². The normalized spacial score (nSPS) is 11.8. The van der Waals surface area contributed by atoms with E-state index in [1.54, 1.807) is 17.5 Å². The number of halogens is 1. The quantitative estimate of drug-likeness (QED) is 0.671. The van der Waals surface area contributed by atoms with E-state index in [4.69, 9.17) is 4.74 Å². The monoisotopic (exact) mass is 370 g/mol. The number of carbonyl (C=O) groups is 1. The van der Waals surface area contributed by atoms with Crippen LogP contribution in [0.1, 0.15) is 33.9 Å². The fourth-order valence-corrected chi connectivity index (χ4v) is 3.08. The molecule has 0 bridgehead atoms. The highest BCUT2D eigenvalue weighted by Gasteiger charge is 2.13. The molecule has 26 heavy (non-hydrogen) atoms. The van der Waals surface area contributed by atoms with Gasteiger partial charge in [-0.2, -0.15) is 0 Å². The summed E-state index contributed by atoms with van der Waals surface area (Å²) in [6.45, 7) is 2.85. The second-order valence-electron chi connectivity index (χ2n) is 5.89. The zero-order valence-electron chi connectivity index (χ0n) is 14.3. The van der Waals surface area contributed by atoms with E-state index in [-0.39, 0.29) is 24.2 Å². The number of aromatic nitrogens is 1. The van der Waals surface area contributed by atoms with Gasteiger partial charge in [-0.3, -0.25) is 4.79 Å². The molecule has 0 fully saturated rings. The predicted molar refractivity (Wildman–Crippen MR) is 100 cm³/mol. The van der Waals surface area contributed by atoms with Crippen LogP contribution in [-0.2, 0) is 6.61 Å². The topological polar surface area (TPSA) is 51.2 Å². The van der Waals surface area contributed by atoms with Gasteiger partial charge >= 0.3 is 0 Å². The van der Waals surface area contributed by atoms with E-state index in [2.05, 4.69) is 17.2 Å². The van der Waals surface area contributed by atoms with Gasteiger partial charge in [-0.15, -0.1) is 11.3 Å². The highest BCUT2D eigenvalue weighted by Crippen LogP contribution is 2.17. The molecule has 1 atom stereocenters. The molecule has 1 heterocycles. The Hall–Kier alpha value is -2.73. The lowest BCUT2D eigenvalue weighted by atomic mass is 10.0. The van der Waals surface area contributed by atoms with Crippen molar-refractivity contribution in [2.75, 3.05) is 6.54 Å². The molecule has 0 unspecified atom stereocenters. The summed E-state index contributed by atoms with van der Waals surface area (Å²) in [5, 5.41) is 5.32. The maximum absolute atomic E-state index is 12.9. The first-order chi connectivity index (χ1) is 12.6. The number of rotatable bonds is 7. The number of hydrogen-bond acceptors (Lipinski definition) is 4. The summed E-state index contributed by atoms with van der Waals surface area (Å²) in [6, 6.07) is 15.8. The first kappa shape index (κ1) is 18.1. The maximum Gasteiger partial charge on any atom is 0.270 e. The molecule has 3 rings (SSSR count). The van der Waals surface area contributed by atoms with Crippen molar-refractivity contribution in [1.82, 2.24) is 10.3 Å². The molecule has 0 aliphatic heterocycles. The van der Waals surface area contributed by atoms with E-state index >= 15 is 0 Å². The SMILES string of the molecule is C[C@H](CNC(=O)c1csc(COc2ccc(F)cc2)n1)c1ccccc1. The third kappa shape index (κ3) is 4.89. The van der Waals surface area contributed by atoms with Crippen LogP contribution in [-0.4, -0.2) is 17.4 Å². The molecule has 3 aromatic rings. The fraction of sp³-hybridized carbons (Fsp3) is 0.200. The molecule has 0 spiro atoms. The van der Waals surface area contributed by atoms with Gasteiger partial charge in [0, 0.05) is 11.9 Å². The largest absolute Gasteiger partial charge is 0.486 e. The van der Waals surface area contributed by atoms with Gasteiger partial charge in [-0.1, -0.05) is 37.3 Å². The lowest BCUT2D eigenvalue weighted by molar-refractivity contribution is 0.0947. The number of nitrogens with zero attached hydrogens (tertiary/aromatic N) is 1. The van der Waals surface area contributed by atoms with Crippen LogP contribution in [0, 0.1) is 5.82 Å². The summed E-state index contributed by atoms with van der Waals surface area (Å²) >= 11 is 1.36. The highest BCUT2D eigenvalue weighted by atomic mass is 32.1. The van der Waals surface area contributed by atoms with Gasteiger partial charge in [-0.25, -0.2) is 9.37 Å². The second kappa shape index (κ2) is 8.58. The molecule has 6 heteroatoms. The van der Waals surface area contributed by atoms with Crippen molar-refractivity contribution < 1.29 is 13.9 Å². The third-order valence-corrected chi connectivity index (χ3v) is 4.72. The van der Waals surface area contributed by atoms with Crippen LogP contribution in [0.3, 0.4) is 0 Å². The Balaban J connectivity index is 1.50. The Morgan fingerprint density at radius 3 is 2.65 bits per heavy atom. The molecule has 0 aliphatic rings. The number of thiazole rings is 1. The highest BCUT2D eigenvalue weighted by molar-refractivity contribution is 7.09. The van der Waals surface area contributed by atoms with Gasteiger partial charge in [0.15, 0.2) is 0 Å². The van der Waals surface area contributed by atoms with Crippen LogP contribution in [0.25, 0.3) is 0 Å². The molecule has 2 aromatic carbocycles. The van der Waals surface area contributed by atoms with Gasteiger partial charge in [0.1, 0.15) is 28.9 Å². The summed E-state index contributed by atoms with van der Waals surface area (Å²) in [6.07, 6.45) is 0. The van der Waals surface area contributed by atoms with E-state index in [0.29, 0.717) is 23.0 Å². The number of amides is 1. The number of benzene rings is 2. The van der Waals surface area contributed by atoms with E-state index < -0.39 is 0 Å². The number of ether oxygens (including phenoxy) is 1. The first-order valence-electron chi connectivity index (χ1n) is 8.28.